The molecule has 0 spiro atoms. The fourth-order valence-electron chi connectivity index (χ4n) is 1.48. The largest absolute Gasteiger partial charge is 0.215 e. The molecule has 0 fully saturated rings. The highest BCUT2D eigenvalue weighted by Crippen LogP contribution is 2.02. The first-order chi connectivity index (χ1) is 8.14. The van der Waals surface area contributed by atoms with Crippen molar-refractivity contribution in [2.75, 3.05) is 18.2 Å². The number of nitrogens with one attached hydrogen (secondary N) is 1. The Balaban J connectivity index is 2.20. The number of halogens is 1. The average Bonchev–Trinajstić information content (AvgIpc) is 2.34. The number of rotatable bonds is 8. The summed E-state index contributed by atoms with van der Waals surface area (Å²) in [7, 11) is -3.13. The molecule has 0 aromatic heterocycles. The second kappa shape index (κ2) is 7.69. The van der Waals surface area contributed by atoms with Crippen LogP contribution in [0.3, 0.4) is 0 Å². The van der Waals surface area contributed by atoms with Crippen LogP contribution in [-0.2, 0) is 16.4 Å². The molecule has 0 unspecified atom stereocenters. The van der Waals surface area contributed by atoms with E-state index in [0.29, 0.717) is 18.8 Å². The van der Waals surface area contributed by atoms with E-state index in [4.69, 9.17) is 11.6 Å². The van der Waals surface area contributed by atoms with Gasteiger partial charge in [-0.25, -0.2) is 13.1 Å². The molecular formula is C12H18ClNO2S. The molecule has 0 bridgehead atoms. The van der Waals surface area contributed by atoms with Crippen LogP contribution in [0.5, 0.6) is 0 Å². The summed E-state index contributed by atoms with van der Waals surface area (Å²) in [4.78, 5) is 0. The Bertz CT molecular complexity index is 406. The lowest BCUT2D eigenvalue weighted by Crippen LogP contribution is -2.27. The van der Waals surface area contributed by atoms with E-state index in [1.807, 2.05) is 30.3 Å². The standard InChI is InChI=1S/C12H18ClNO2S/c13-9-5-11-17(15,16)14-10-4-8-12-6-2-1-3-7-12/h1-3,6-7,14H,4-5,8-11H2. The number of sulfonamides is 1. The third-order valence-electron chi connectivity index (χ3n) is 2.35. The second-order valence-corrected chi connectivity index (χ2v) is 6.15. The average molecular weight is 276 g/mol. The Kier molecular flexibility index (Phi) is 6.55. The Morgan fingerprint density at radius 1 is 1.12 bits per heavy atom. The van der Waals surface area contributed by atoms with Crippen molar-refractivity contribution >= 4 is 21.6 Å². The number of hydrogen-bond donors (Lipinski definition) is 1. The molecule has 0 saturated carbocycles. The van der Waals surface area contributed by atoms with Gasteiger partial charge in [0, 0.05) is 12.4 Å². The quantitative estimate of drug-likeness (QED) is 0.584. The van der Waals surface area contributed by atoms with Crippen molar-refractivity contribution in [3.8, 4) is 0 Å². The minimum Gasteiger partial charge on any atom is -0.215 e. The maximum atomic E-state index is 11.4. The fourth-order valence-corrected chi connectivity index (χ4v) is 2.90. The van der Waals surface area contributed by atoms with E-state index in [-0.39, 0.29) is 5.75 Å². The Morgan fingerprint density at radius 3 is 2.47 bits per heavy atom. The topological polar surface area (TPSA) is 46.2 Å². The summed E-state index contributed by atoms with van der Waals surface area (Å²) >= 11 is 5.46. The van der Waals surface area contributed by atoms with Crippen molar-refractivity contribution in [1.82, 2.24) is 4.72 Å². The predicted octanol–water partition coefficient (Wildman–Crippen LogP) is 2.17. The van der Waals surface area contributed by atoms with Gasteiger partial charge in [-0.1, -0.05) is 30.3 Å². The van der Waals surface area contributed by atoms with Crippen molar-refractivity contribution < 1.29 is 8.42 Å². The highest BCUT2D eigenvalue weighted by molar-refractivity contribution is 7.89. The molecule has 3 nitrogen and oxygen atoms in total. The molecule has 5 heteroatoms. The lowest BCUT2D eigenvalue weighted by molar-refractivity contribution is 0.577. The van der Waals surface area contributed by atoms with Crippen molar-refractivity contribution in [2.45, 2.75) is 19.3 Å². The first-order valence-corrected chi connectivity index (χ1v) is 7.90. The van der Waals surface area contributed by atoms with Crippen LogP contribution in [-0.4, -0.2) is 26.6 Å². The molecule has 0 radical (unpaired) electrons. The van der Waals surface area contributed by atoms with Crippen LogP contribution in [0.2, 0.25) is 0 Å². The molecule has 96 valence electrons. The number of alkyl halides is 1. The number of aryl methyl sites for hydroxylation is 1. The fraction of sp³-hybridized carbons (Fsp3) is 0.500. The van der Waals surface area contributed by atoms with Crippen LogP contribution in [0.25, 0.3) is 0 Å². The maximum absolute atomic E-state index is 11.4. The molecule has 0 heterocycles. The molecule has 0 aliphatic heterocycles. The summed E-state index contributed by atoms with van der Waals surface area (Å²) in [6, 6.07) is 10.0. The van der Waals surface area contributed by atoms with E-state index in [2.05, 4.69) is 4.72 Å². The van der Waals surface area contributed by atoms with Crippen LogP contribution >= 0.6 is 11.6 Å². The van der Waals surface area contributed by atoms with Gasteiger partial charge in [-0.05, 0) is 24.8 Å². The molecule has 0 atom stereocenters. The summed E-state index contributed by atoms with van der Waals surface area (Å²) in [5, 5.41) is 0. The summed E-state index contributed by atoms with van der Waals surface area (Å²) in [6.07, 6.45) is 2.19. The van der Waals surface area contributed by atoms with E-state index < -0.39 is 10.0 Å². The van der Waals surface area contributed by atoms with Crippen LogP contribution in [0.15, 0.2) is 30.3 Å². The Morgan fingerprint density at radius 2 is 1.82 bits per heavy atom. The Hall–Kier alpha value is -0.580. The van der Waals surface area contributed by atoms with Gasteiger partial charge in [0.25, 0.3) is 0 Å². The molecule has 0 aliphatic rings. The SMILES string of the molecule is O=S(=O)(CCCCl)NCCCc1ccccc1. The molecule has 1 aromatic carbocycles. The van der Waals surface area contributed by atoms with Gasteiger partial charge >= 0.3 is 0 Å². The lowest BCUT2D eigenvalue weighted by atomic mass is 10.1. The van der Waals surface area contributed by atoms with Crippen molar-refractivity contribution in [1.29, 1.82) is 0 Å². The molecule has 0 saturated heterocycles. The van der Waals surface area contributed by atoms with Gasteiger partial charge in [0.05, 0.1) is 5.75 Å². The lowest BCUT2D eigenvalue weighted by Gasteiger charge is -2.05. The minimum atomic E-state index is -3.13. The second-order valence-electron chi connectivity index (χ2n) is 3.84. The van der Waals surface area contributed by atoms with Gasteiger partial charge in [-0.3, -0.25) is 0 Å². The van der Waals surface area contributed by atoms with Gasteiger partial charge in [0.1, 0.15) is 0 Å². The normalized spacial score (nSPS) is 11.6. The smallest absolute Gasteiger partial charge is 0.211 e. The predicted molar refractivity (Wildman–Crippen MR) is 71.9 cm³/mol. The summed E-state index contributed by atoms with van der Waals surface area (Å²) in [5.74, 6) is 0.493. The van der Waals surface area contributed by atoms with E-state index in [1.54, 1.807) is 0 Å². The highest BCUT2D eigenvalue weighted by Gasteiger charge is 2.07. The highest BCUT2D eigenvalue weighted by atomic mass is 35.5. The van der Waals surface area contributed by atoms with E-state index in [9.17, 15) is 8.42 Å². The molecule has 1 aromatic rings. The van der Waals surface area contributed by atoms with Crippen molar-refractivity contribution in [3.63, 3.8) is 0 Å². The first kappa shape index (κ1) is 14.5. The number of benzene rings is 1. The third-order valence-corrected chi connectivity index (χ3v) is 4.09. The van der Waals surface area contributed by atoms with Gasteiger partial charge in [-0.2, -0.15) is 0 Å². The molecule has 0 amide bonds. The zero-order chi connectivity index (χ0) is 12.6. The zero-order valence-corrected chi connectivity index (χ0v) is 11.3. The number of hydrogen-bond acceptors (Lipinski definition) is 2. The van der Waals surface area contributed by atoms with Crippen LogP contribution in [0.1, 0.15) is 18.4 Å². The Labute approximate surface area is 108 Å². The molecule has 1 rings (SSSR count). The zero-order valence-electron chi connectivity index (χ0n) is 9.73. The van der Waals surface area contributed by atoms with Crippen molar-refractivity contribution in [2.24, 2.45) is 0 Å². The molecular weight excluding hydrogens is 258 g/mol. The third kappa shape index (κ3) is 6.66. The van der Waals surface area contributed by atoms with Gasteiger partial charge < -0.3 is 0 Å². The summed E-state index contributed by atoms with van der Waals surface area (Å²) < 4.78 is 25.4. The van der Waals surface area contributed by atoms with E-state index in [0.717, 1.165) is 12.8 Å². The van der Waals surface area contributed by atoms with Gasteiger partial charge in [-0.15, -0.1) is 11.6 Å². The molecule has 17 heavy (non-hydrogen) atoms. The summed E-state index contributed by atoms with van der Waals surface area (Å²) in [6.45, 7) is 0.486. The monoisotopic (exact) mass is 275 g/mol. The molecule has 0 aliphatic carbocycles. The van der Waals surface area contributed by atoms with E-state index >= 15 is 0 Å². The van der Waals surface area contributed by atoms with Crippen LogP contribution in [0.4, 0.5) is 0 Å². The first-order valence-electron chi connectivity index (χ1n) is 5.71. The van der Waals surface area contributed by atoms with E-state index in [1.165, 1.54) is 5.56 Å². The van der Waals surface area contributed by atoms with Crippen LogP contribution < -0.4 is 4.72 Å². The van der Waals surface area contributed by atoms with Crippen molar-refractivity contribution in [3.05, 3.63) is 35.9 Å². The van der Waals surface area contributed by atoms with Crippen LogP contribution in [0, 0.1) is 0 Å². The summed E-state index contributed by atoms with van der Waals surface area (Å²) in [5.41, 5.74) is 1.23. The maximum Gasteiger partial charge on any atom is 0.211 e. The van der Waals surface area contributed by atoms with Gasteiger partial charge in [0.15, 0.2) is 0 Å². The minimum absolute atomic E-state index is 0.113. The molecule has 1 N–H and O–H groups in total. The van der Waals surface area contributed by atoms with Gasteiger partial charge in [0.2, 0.25) is 10.0 Å².